The number of fused-ring (bicyclic) bond motifs is 2. The highest BCUT2D eigenvalue weighted by molar-refractivity contribution is 7.99. The molecule has 1 aliphatic heterocycles. The molecule has 18 heavy (non-hydrogen) atoms. The van der Waals surface area contributed by atoms with Crippen LogP contribution in [0.3, 0.4) is 0 Å². The standard InChI is InChI=1S/C13H14N4S/c14-4-1-7-17-10-2-5-16-9-13(10)18-12-3-6-15-8-11(12)17/h2-3,5-6,8-9H,1,4,7,14H2. The van der Waals surface area contributed by atoms with Crippen molar-refractivity contribution in [3.63, 3.8) is 0 Å². The van der Waals surface area contributed by atoms with E-state index in [1.807, 2.05) is 30.9 Å². The average Bonchev–Trinajstić information content (AvgIpc) is 2.43. The third kappa shape index (κ3) is 1.95. The molecule has 2 aromatic heterocycles. The smallest absolute Gasteiger partial charge is 0.0739 e. The van der Waals surface area contributed by atoms with Gasteiger partial charge in [0.15, 0.2) is 0 Å². The van der Waals surface area contributed by atoms with Crippen molar-refractivity contribution in [3.8, 4) is 0 Å². The highest BCUT2D eigenvalue weighted by atomic mass is 32.2. The van der Waals surface area contributed by atoms with E-state index in [2.05, 4.69) is 20.9 Å². The molecule has 5 heteroatoms. The predicted molar refractivity (Wildman–Crippen MR) is 73.3 cm³/mol. The summed E-state index contributed by atoms with van der Waals surface area (Å²) in [6.45, 7) is 1.60. The lowest BCUT2D eigenvalue weighted by Gasteiger charge is -2.31. The van der Waals surface area contributed by atoms with E-state index >= 15 is 0 Å². The zero-order chi connectivity index (χ0) is 12.4. The van der Waals surface area contributed by atoms with Crippen LogP contribution in [-0.2, 0) is 0 Å². The summed E-state index contributed by atoms with van der Waals surface area (Å²) in [4.78, 5) is 13.1. The highest BCUT2D eigenvalue weighted by Gasteiger charge is 2.22. The van der Waals surface area contributed by atoms with Gasteiger partial charge in [0.05, 0.1) is 22.5 Å². The van der Waals surface area contributed by atoms with Gasteiger partial charge in [-0.05, 0) is 25.1 Å². The second-order valence-corrected chi connectivity index (χ2v) is 5.17. The molecule has 0 fully saturated rings. The van der Waals surface area contributed by atoms with E-state index in [9.17, 15) is 0 Å². The molecular weight excluding hydrogens is 244 g/mol. The number of rotatable bonds is 3. The van der Waals surface area contributed by atoms with Gasteiger partial charge in [0.2, 0.25) is 0 Å². The molecule has 2 N–H and O–H groups in total. The summed E-state index contributed by atoms with van der Waals surface area (Å²) in [5.41, 5.74) is 7.99. The molecule has 4 nitrogen and oxygen atoms in total. The minimum atomic E-state index is 0.694. The molecule has 0 saturated carbocycles. The van der Waals surface area contributed by atoms with Crippen molar-refractivity contribution in [1.29, 1.82) is 0 Å². The van der Waals surface area contributed by atoms with Gasteiger partial charge >= 0.3 is 0 Å². The fourth-order valence-corrected chi connectivity index (χ4v) is 3.10. The third-order valence-corrected chi connectivity index (χ3v) is 4.01. The van der Waals surface area contributed by atoms with Crippen LogP contribution in [0.25, 0.3) is 0 Å². The Balaban J connectivity index is 2.05. The van der Waals surface area contributed by atoms with Crippen molar-refractivity contribution >= 4 is 23.1 Å². The summed E-state index contributed by atoms with van der Waals surface area (Å²) in [6.07, 6.45) is 8.45. The molecule has 0 unspecified atom stereocenters. The first-order valence-electron chi connectivity index (χ1n) is 5.93. The van der Waals surface area contributed by atoms with E-state index in [-0.39, 0.29) is 0 Å². The van der Waals surface area contributed by atoms with Gasteiger partial charge in [-0.15, -0.1) is 0 Å². The van der Waals surface area contributed by atoms with E-state index < -0.39 is 0 Å². The van der Waals surface area contributed by atoms with Crippen LogP contribution in [0, 0.1) is 0 Å². The first kappa shape index (κ1) is 11.5. The Morgan fingerprint density at radius 1 is 1.06 bits per heavy atom. The highest BCUT2D eigenvalue weighted by Crippen LogP contribution is 2.46. The normalized spacial score (nSPS) is 13.1. The first-order valence-corrected chi connectivity index (χ1v) is 6.75. The molecule has 92 valence electrons. The summed E-state index contributed by atoms with van der Waals surface area (Å²) >= 11 is 1.74. The molecule has 0 bridgehead atoms. The second-order valence-electron chi connectivity index (χ2n) is 4.08. The largest absolute Gasteiger partial charge is 0.338 e. The van der Waals surface area contributed by atoms with Gasteiger partial charge in [0.1, 0.15) is 0 Å². The van der Waals surface area contributed by atoms with E-state index in [0.717, 1.165) is 18.7 Å². The Bertz CT molecular complexity index is 513. The fourth-order valence-electron chi connectivity index (χ4n) is 2.08. The summed E-state index contributed by atoms with van der Waals surface area (Å²) in [5.74, 6) is 0. The molecular formula is C13H14N4S. The van der Waals surface area contributed by atoms with E-state index in [0.29, 0.717) is 6.54 Å². The van der Waals surface area contributed by atoms with E-state index in [4.69, 9.17) is 5.73 Å². The Kier molecular flexibility index (Phi) is 3.17. The number of aromatic nitrogens is 2. The van der Waals surface area contributed by atoms with Crippen LogP contribution < -0.4 is 10.6 Å². The van der Waals surface area contributed by atoms with Crippen molar-refractivity contribution in [3.05, 3.63) is 36.9 Å². The minimum Gasteiger partial charge on any atom is -0.338 e. The van der Waals surface area contributed by atoms with Crippen LogP contribution in [0.15, 0.2) is 46.7 Å². The minimum absolute atomic E-state index is 0.694. The van der Waals surface area contributed by atoms with Crippen molar-refractivity contribution in [2.75, 3.05) is 18.0 Å². The van der Waals surface area contributed by atoms with Crippen molar-refractivity contribution in [1.82, 2.24) is 9.97 Å². The van der Waals surface area contributed by atoms with Crippen LogP contribution in [0.2, 0.25) is 0 Å². The summed E-state index contributed by atoms with van der Waals surface area (Å²) in [6, 6.07) is 4.10. The number of anilines is 2. The Labute approximate surface area is 110 Å². The quantitative estimate of drug-likeness (QED) is 0.916. The molecule has 0 amide bonds. The van der Waals surface area contributed by atoms with E-state index in [1.165, 1.54) is 15.5 Å². The number of nitrogens with zero attached hydrogens (tertiary/aromatic N) is 3. The lowest BCUT2D eigenvalue weighted by atomic mass is 10.2. The average molecular weight is 258 g/mol. The first-order chi connectivity index (χ1) is 8.90. The van der Waals surface area contributed by atoms with Gasteiger partial charge in [-0.25, -0.2) is 0 Å². The van der Waals surface area contributed by atoms with Crippen LogP contribution in [0.5, 0.6) is 0 Å². The number of nitrogens with two attached hydrogens (primary N) is 1. The molecule has 0 aromatic carbocycles. The second kappa shape index (κ2) is 4.96. The summed E-state index contributed by atoms with van der Waals surface area (Å²) < 4.78 is 0. The zero-order valence-corrected chi connectivity index (χ0v) is 10.7. The molecule has 0 aliphatic carbocycles. The molecule has 0 atom stereocenters. The van der Waals surface area contributed by atoms with Gasteiger partial charge in [-0.2, -0.15) is 0 Å². The maximum Gasteiger partial charge on any atom is 0.0739 e. The van der Waals surface area contributed by atoms with Gasteiger partial charge in [-0.3, -0.25) is 9.97 Å². The number of pyridine rings is 2. The summed E-state index contributed by atoms with van der Waals surface area (Å²) in [5, 5.41) is 0. The monoisotopic (exact) mass is 258 g/mol. The number of hydrogen-bond donors (Lipinski definition) is 1. The van der Waals surface area contributed by atoms with Crippen molar-refractivity contribution in [2.24, 2.45) is 5.73 Å². The lowest BCUT2D eigenvalue weighted by Crippen LogP contribution is -2.24. The Morgan fingerprint density at radius 3 is 2.78 bits per heavy atom. The van der Waals surface area contributed by atoms with Crippen molar-refractivity contribution in [2.45, 2.75) is 16.2 Å². The topological polar surface area (TPSA) is 55.0 Å². The molecule has 3 rings (SSSR count). The molecule has 3 heterocycles. The van der Waals surface area contributed by atoms with Gasteiger partial charge in [0.25, 0.3) is 0 Å². The molecule has 2 aromatic rings. The van der Waals surface area contributed by atoms with Crippen molar-refractivity contribution < 1.29 is 0 Å². The molecule has 0 spiro atoms. The van der Waals surface area contributed by atoms with Crippen LogP contribution >= 0.6 is 11.8 Å². The predicted octanol–water partition coefficient (Wildman–Crippen LogP) is 2.43. The fraction of sp³-hybridized carbons (Fsp3) is 0.231. The van der Waals surface area contributed by atoms with Gasteiger partial charge < -0.3 is 10.6 Å². The summed E-state index contributed by atoms with van der Waals surface area (Å²) in [7, 11) is 0. The molecule has 0 radical (unpaired) electrons. The Hall–Kier alpha value is -1.59. The van der Waals surface area contributed by atoms with Crippen LogP contribution in [0.4, 0.5) is 11.4 Å². The Morgan fingerprint density at radius 2 is 1.89 bits per heavy atom. The maximum absolute atomic E-state index is 5.63. The van der Waals surface area contributed by atoms with Gasteiger partial charge in [-0.1, -0.05) is 11.8 Å². The lowest BCUT2D eigenvalue weighted by molar-refractivity contribution is 0.803. The molecule has 1 aliphatic rings. The SMILES string of the molecule is NCCCN1c2ccncc2Sc2ccncc21. The number of hydrogen-bond acceptors (Lipinski definition) is 5. The maximum atomic E-state index is 5.63. The van der Waals surface area contributed by atoms with Crippen LogP contribution in [-0.4, -0.2) is 23.1 Å². The molecule has 0 saturated heterocycles. The van der Waals surface area contributed by atoms with Crippen LogP contribution in [0.1, 0.15) is 6.42 Å². The van der Waals surface area contributed by atoms with Gasteiger partial charge in [0, 0.05) is 30.0 Å². The van der Waals surface area contributed by atoms with E-state index in [1.54, 1.807) is 11.8 Å². The zero-order valence-electron chi connectivity index (χ0n) is 9.91. The third-order valence-electron chi connectivity index (χ3n) is 2.91.